The highest BCUT2D eigenvalue weighted by Gasteiger charge is 2.34. The number of carbonyl (C=O) groups excluding carboxylic acids is 1. The summed E-state index contributed by atoms with van der Waals surface area (Å²) in [5, 5.41) is 7.12. The Balaban J connectivity index is 1.36. The Kier molecular flexibility index (Phi) is 4.10. The van der Waals surface area contributed by atoms with Gasteiger partial charge in [-0.15, -0.1) is 0 Å². The smallest absolute Gasteiger partial charge is 0.234 e. The molecule has 7 heteroatoms. The van der Waals surface area contributed by atoms with Gasteiger partial charge in [0, 0.05) is 5.92 Å². The van der Waals surface area contributed by atoms with Crippen LogP contribution in [0.25, 0.3) is 0 Å². The van der Waals surface area contributed by atoms with E-state index >= 15 is 0 Å². The number of nitrogens with zero attached hydrogens (tertiary/aromatic N) is 3. The van der Waals surface area contributed by atoms with Gasteiger partial charge in [0.1, 0.15) is 5.76 Å². The van der Waals surface area contributed by atoms with Crippen LogP contribution in [-0.4, -0.2) is 34.0 Å². The summed E-state index contributed by atoms with van der Waals surface area (Å²) in [6, 6.07) is 3.62. The maximum atomic E-state index is 12.3. The molecule has 1 aliphatic carbocycles. The SMILES string of the molecule is C[C@@H](NC(=O)CN1CCC[C@H]1c1noc(C2CC2)n1)c1ccco1. The standard InChI is InChI=1S/C17H22N4O3/c1-11(14-5-3-9-23-14)18-15(22)10-21-8-2-4-13(21)16-19-17(24-20-16)12-6-7-12/h3,5,9,11-13H,2,4,6-8,10H2,1H3,(H,18,22)/t11-,13+/m1/s1. The first kappa shape index (κ1) is 15.4. The van der Waals surface area contributed by atoms with Crippen LogP contribution in [-0.2, 0) is 4.79 Å². The first-order valence-electron chi connectivity index (χ1n) is 8.61. The second kappa shape index (κ2) is 6.39. The average molecular weight is 330 g/mol. The predicted molar refractivity (Wildman–Crippen MR) is 85.1 cm³/mol. The molecule has 1 saturated carbocycles. The summed E-state index contributed by atoms with van der Waals surface area (Å²) >= 11 is 0. The summed E-state index contributed by atoms with van der Waals surface area (Å²) in [5.41, 5.74) is 0. The van der Waals surface area contributed by atoms with E-state index in [1.165, 1.54) is 0 Å². The van der Waals surface area contributed by atoms with Crippen molar-refractivity contribution < 1.29 is 13.7 Å². The zero-order valence-corrected chi connectivity index (χ0v) is 13.8. The molecule has 3 heterocycles. The lowest BCUT2D eigenvalue weighted by Gasteiger charge is -2.22. The van der Waals surface area contributed by atoms with Gasteiger partial charge in [0.15, 0.2) is 5.82 Å². The average Bonchev–Trinajstić information content (AvgIpc) is 3.01. The van der Waals surface area contributed by atoms with Crippen LogP contribution in [0.5, 0.6) is 0 Å². The van der Waals surface area contributed by atoms with Crippen molar-refractivity contribution in [3.63, 3.8) is 0 Å². The van der Waals surface area contributed by atoms with Gasteiger partial charge >= 0.3 is 0 Å². The zero-order valence-electron chi connectivity index (χ0n) is 13.8. The molecule has 1 saturated heterocycles. The first-order valence-corrected chi connectivity index (χ1v) is 8.61. The largest absolute Gasteiger partial charge is 0.467 e. The molecule has 1 amide bonds. The highest BCUT2D eigenvalue weighted by atomic mass is 16.5. The Morgan fingerprint density at radius 1 is 1.46 bits per heavy atom. The molecule has 0 unspecified atom stereocenters. The van der Waals surface area contributed by atoms with Crippen LogP contribution in [0.15, 0.2) is 27.3 Å². The molecule has 2 aromatic heterocycles. The third kappa shape index (κ3) is 3.21. The van der Waals surface area contributed by atoms with Crippen molar-refractivity contribution in [3.05, 3.63) is 35.9 Å². The fourth-order valence-corrected chi connectivity index (χ4v) is 3.27. The lowest BCUT2D eigenvalue weighted by atomic mass is 10.2. The van der Waals surface area contributed by atoms with E-state index in [9.17, 15) is 4.79 Å². The van der Waals surface area contributed by atoms with Crippen LogP contribution >= 0.6 is 0 Å². The van der Waals surface area contributed by atoms with E-state index in [0.717, 1.165) is 49.7 Å². The van der Waals surface area contributed by atoms with E-state index < -0.39 is 0 Å². The van der Waals surface area contributed by atoms with Gasteiger partial charge in [-0.2, -0.15) is 4.98 Å². The third-order valence-corrected chi connectivity index (χ3v) is 4.74. The van der Waals surface area contributed by atoms with Gasteiger partial charge in [0.25, 0.3) is 0 Å². The molecule has 4 rings (SSSR count). The van der Waals surface area contributed by atoms with E-state index in [-0.39, 0.29) is 18.0 Å². The van der Waals surface area contributed by atoms with Crippen LogP contribution in [0.3, 0.4) is 0 Å². The third-order valence-electron chi connectivity index (χ3n) is 4.74. The van der Waals surface area contributed by atoms with Crippen LogP contribution in [0.2, 0.25) is 0 Å². The molecule has 7 nitrogen and oxygen atoms in total. The highest BCUT2D eigenvalue weighted by Crippen LogP contribution is 2.40. The van der Waals surface area contributed by atoms with Gasteiger partial charge < -0.3 is 14.3 Å². The van der Waals surface area contributed by atoms with E-state index in [2.05, 4.69) is 20.4 Å². The number of rotatable bonds is 6. The van der Waals surface area contributed by atoms with Crippen molar-refractivity contribution in [1.82, 2.24) is 20.4 Å². The molecule has 0 aromatic carbocycles. The Labute approximate surface area is 140 Å². The van der Waals surface area contributed by atoms with Gasteiger partial charge in [-0.25, -0.2) is 0 Å². The second-order valence-corrected chi connectivity index (χ2v) is 6.70. The summed E-state index contributed by atoms with van der Waals surface area (Å²) in [4.78, 5) is 19.0. The maximum absolute atomic E-state index is 12.3. The minimum absolute atomic E-state index is 0.0169. The number of nitrogens with one attached hydrogen (secondary N) is 1. The number of hydrogen-bond donors (Lipinski definition) is 1. The number of aromatic nitrogens is 2. The Hall–Kier alpha value is -2.15. The minimum Gasteiger partial charge on any atom is -0.467 e. The molecule has 2 aliphatic rings. The fraction of sp³-hybridized carbons (Fsp3) is 0.588. The Morgan fingerprint density at radius 3 is 3.08 bits per heavy atom. The van der Waals surface area contributed by atoms with Gasteiger partial charge in [-0.1, -0.05) is 5.16 Å². The zero-order chi connectivity index (χ0) is 16.5. The van der Waals surface area contributed by atoms with Crippen LogP contribution < -0.4 is 5.32 Å². The molecule has 0 bridgehead atoms. The summed E-state index contributed by atoms with van der Waals surface area (Å²) in [5.74, 6) is 2.68. The number of furan rings is 1. The van der Waals surface area contributed by atoms with Crippen LogP contribution in [0, 0.1) is 0 Å². The van der Waals surface area contributed by atoms with E-state index in [1.54, 1.807) is 6.26 Å². The summed E-state index contributed by atoms with van der Waals surface area (Å²) in [6.45, 7) is 3.13. The normalized spacial score (nSPS) is 22.6. The maximum Gasteiger partial charge on any atom is 0.234 e. The molecule has 1 aliphatic heterocycles. The molecule has 0 radical (unpaired) electrons. The van der Waals surface area contributed by atoms with Gasteiger partial charge in [-0.3, -0.25) is 9.69 Å². The van der Waals surface area contributed by atoms with Crippen molar-refractivity contribution in [2.75, 3.05) is 13.1 Å². The van der Waals surface area contributed by atoms with Gasteiger partial charge in [-0.05, 0) is 51.3 Å². The molecular formula is C17H22N4O3. The lowest BCUT2D eigenvalue weighted by Crippen LogP contribution is -2.38. The van der Waals surface area contributed by atoms with E-state index in [1.807, 2.05) is 19.1 Å². The highest BCUT2D eigenvalue weighted by molar-refractivity contribution is 5.78. The lowest BCUT2D eigenvalue weighted by molar-refractivity contribution is -0.123. The first-order chi connectivity index (χ1) is 11.7. The summed E-state index contributed by atoms with van der Waals surface area (Å²) in [6.07, 6.45) is 5.90. The molecule has 2 aromatic rings. The van der Waals surface area contributed by atoms with Crippen molar-refractivity contribution in [1.29, 1.82) is 0 Å². The van der Waals surface area contributed by atoms with Crippen molar-refractivity contribution in [2.45, 2.75) is 50.6 Å². The minimum atomic E-state index is -0.139. The van der Waals surface area contributed by atoms with Crippen molar-refractivity contribution in [2.24, 2.45) is 0 Å². The molecule has 2 atom stereocenters. The molecule has 128 valence electrons. The predicted octanol–water partition coefficient (Wildman–Crippen LogP) is 2.55. The molecule has 24 heavy (non-hydrogen) atoms. The van der Waals surface area contributed by atoms with Crippen molar-refractivity contribution in [3.8, 4) is 0 Å². The van der Waals surface area contributed by atoms with Gasteiger partial charge in [0.05, 0.1) is 24.9 Å². The molecular weight excluding hydrogens is 308 g/mol. The van der Waals surface area contributed by atoms with Crippen molar-refractivity contribution >= 4 is 5.91 Å². The quantitative estimate of drug-likeness (QED) is 0.876. The molecule has 0 spiro atoms. The summed E-state index contributed by atoms with van der Waals surface area (Å²) < 4.78 is 10.7. The topological polar surface area (TPSA) is 84.4 Å². The Morgan fingerprint density at radius 2 is 2.33 bits per heavy atom. The fourth-order valence-electron chi connectivity index (χ4n) is 3.27. The van der Waals surface area contributed by atoms with E-state index in [4.69, 9.17) is 8.94 Å². The summed E-state index contributed by atoms with van der Waals surface area (Å²) in [7, 11) is 0. The van der Waals surface area contributed by atoms with Gasteiger partial charge in [0.2, 0.25) is 11.8 Å². The number of amides is 1. The number of carbonyl (C=O) groups is 1. The number of likely N-dealkylation sites (tertiary alicyclic amines) is 1. The monoisotopic (exact) mass is 330 g/mol. The second-order valence-electron chi connectivity index (χ2n) is 6.70. The van der Waals surface area contributed by atoms with Crippen LogP contribution in [0.1, 0.15) is 68.1 Å². The molecule has 2 fully saturated rings. The molecule has 1 N–H and O–H groups in total. The number of hydrogen-bond acceptors (Lipinski definition) is 6. The van der Waals surface area contributed by atoms with Crippen LogP contribution in [0.4, 0.5) is 0 Å². The Bertz CT molecular complexity index is 693. The van der Waals surface area contributed by atoms with E-state index in [0.29, 0.717) is 12.5 Å².